The molecule has 0 amide bonds. The normalized spacial score (nSPS) is 17.3. The molecule has 1 atom stereocenters. The Labute approximate surface area is 142 Å². The number of esters is 1. The molecule has 0 saturated carbocycles. The van der Waals surface area contributed by atoms with Gasteiger partial charge in [-0.25, -0.2) is 18.3 Å². The highest BCUT2D eigenvalue weighted by Crippen LogP contribution is 2.37. The van der Waals surface area contributed by atoms with Crippen LogP contribution in [0.5, 0.6) is 0 Å². The number of aromatic nitrogens is 3. The van der Waals surface area contributed by atoms with Crippen LogP contribution in [0, 0.1) is 11.6 Å². The van der Waals surface area contributed by atoms with Crippen LogP contribution in [0.1, 0.15) is 29.7 Å². The molecule has 2 aromatic rings. The van der Waals surface area contributed by atoms with Gasteiger partial charge in [0, 0.05) is 19.3 Å². The fraction of sp³-hybridized carbons (Fsp3) is 0.400. The predicted octanol–water partition coefficient (Wildman–Crippen LogP) is 2.84. The molecule has 1 unspecified atom stereocenters. The lowest BCUT2D eigenvalue weighted by Gasteiger charge is -2.21. The maximum atomic E-state index is 14.5. The molecule has 3 rings (SSSR count). The molecule has 0 bridgehead atoms. The van der Waals surface area contributed by atoms with Crippen LogP contribution in [0.2, 0.25) is 5.02 Å². The number of halogens is 3. The summed E-state index contributed by atoms with van der Waals surface area (Å²) in [6, 6.07) is 0.827. The quantitative estimate of drug-likeness (QED) is 0.622. The molecule has 2 heterocycles. The summed E-state index contributed by atoms with van der Waals surface area (Å²) in [6.07, 6.45) is 3.97. The fourth-order valence-corrected chi connectivity index (χ4v) is 3.12. The van der Waals surface area contributed by atoms with Gasteiger partial charge in [0.1, 0.15) is 10.8 Å². The van der Waals surface area contributed by atoms with Crippen LogP contribution < -0.4 is 4.90 Å². The number of hydrogen-bond acceptors (Lipinski definition) is 5. The molecule has 24 heavy (non-hydrogen) atoms. The van der Waals surface area contributed by atoms with Gasteiger partial charge in [-0.05, 0) is 19.4 Å². The first-order valence-electron chi connectivity index (χ1n) is 7.48. The Bertz CT molecular complexity index is 754. The number of carbonyl (C=O) groups excluding carboxylic acids is 1. The van der Waals surface area contributed by atoms with Crippen molar-refractivity contribution < 1.29 is 18.3 Å². The van der Waals surface area contributed by atoms with Gasteiger partial charge in [0.15, 0.2) is 5.82 Å². The van der Waals surface area contributed by atoms with E-state index in [1.807, 2.05) is 0 Å². The largest absolute Gasteiger partial charge is 0.462 e. The smallest absolute Gasteiger partial charge is 0.341 e. The molecule has 1 aromatic carbocycles. The molecule has 1 aliphatic heterocycles. The van der Waals surface area contributed by atoms with Crippen molar-refractivity contribution in [2.75, 3.05) is 24.6 Å². The molecule has 1 fully saturated rings. The van der Waals surface area contributed by atoms with E-state index in [4.69, 9.17) is 16.3 Å². The number of anilines is 1. The highest BCUT2D eigenvalue weighted by molar-refractivity contribution is 6.33. The van der Waals surface area contributed by atoms with E-state index in [-0.39, 0.29) is 18.3 Å². The Morgan fingerprint density at radius 2 is 2.29 bits per heavy atom. The van der Waals surface area contributed by atoms with Gasteiger partial charge in [0.25, 0.3) is 0 Å². The van der Waals surface area contributed by atoms with Gasteiger partial charge in [0.05, 0.1) is 30.1 Å². The first kappa shape index (κ1) is 16.6. The zero-order valence-corrected chi connectivity index (χ0v) is 13.6. The first-order valence-corrected chi connectivity index (χ1v) is 7.86. The Balaban J connectivity index is 1.89. The maximum Gasteiger partial charge on any atom is 0.341 e. The Morgan fingerprint density at radius 3 is 2.96 bits per heavy atom. The lowest BCUT2D eigenvalue weighted by atomic mass is 10.1. The molecule has 1 aromatic heterocycles. The Hall–Kier alpha value is -2.22. The van der Waals surface area contributed by atoms with Crippen LogP contribution in [0.4, 0.5) is 14.5 Å². The van der Waals surface area contributed by atoms with Gasteiger partial charge in [-0.3, -0.25) is 0 Å². The molecule has 128 valence electrons. The van der Waals surface area contributed by atoms with Crippen molar-refractivity contribution in [3.05, 3.63) is 40.7 Å². The predicted molar refractivity (Wildman–Crippen MR) is 83.2 cm³/mol. The summed E-state index contributed by atoms with van der Waals surface area (Å²) in [5.41, 5.74) is -0.556. The van der Waals surface area contributed by atoms with E-state index in [1.165, 1.54) is 0 Å². The van der Waals surface area contributed by atoms with Crippen molar-refractivity contribution in [1.82, 2.24) is 15.0 Å². The summed E-state index contributed by atoms with van der Waals surface area (Å²) in [7, 11) is 0. The lowest BCUT2D eigenvalue weighted by molar-refractivity contribution is 0.0520. The second kappa shape index (κ2) is 6.72. The van der Waals surface area contributed by atoms with Crippen LogP contribution in [0.3, 0.4) is 0 Å². The van der Waals surface area contributed by atoms with Gasteiger partial charge < -0.3 is 9.64 Å². The van der Waals surface area contributed by atoms with Gasteiger partial charge in [-0.15, -0.1) is 5.10 Å². The highest BCUT2D eigenvalue weighted by atomic mass is 35.5. The van der Waals surface area contributed by atoms with Gasteiger partial charge >= 0.3 is 5.97 Å². The molecule has 1 saturated heterocycles. The number of carbonyl (C=O) groups is 1. The third-order valence-corrected chi connectivity index (χ3v) is 4.27. The molecule has 6 nitrogen and oxygen atoms in total. The summed E-state index contributed by atoms with van der Waals surface area (Å²) in [5.74, 6) is -2.68. The van der Waals surface area contributed by atoms with E-state index >= 15 is 0 Å². The lowest BCUT2D eigenvalue weighted by Crippen LogP contribution is -2.23. The number of ether oxygens (including phenoxy) is 1. The molecule has 0 aliphatic carbocycles. The van der Waals surface area contributed by atoms with Crippen molar-refractivity contribution in [2.24, 2.45) is 0 Å². The molecule has 0 spiro atoms. The van der Waals surface area contributed by atoms with E-state index in [0.29, 0.717) is 19.5 Å². The van der Waals surface area contributed by atoms with Crippen LogP contribution in [-0.2, 0) is 4.74 Å². The minimum absolute atomic E-state index is 0.00392. The standard InChI is InChI=1S/C15H15ClF2N4O2/c1-2-24-15(23)10-7-11(17)14(12(16)13(10)18)21-5-3-9(8-21)22-6-4-19-20-22/h4,6-7,9H,2-3,5,8H2,1H3. The van der Waals surface area contributed by atoms with Gasteiger partial charge in [0.2, 0.25) is 0 Å². The van der Waals surface area contributed by atoms with Crippen molar-refractivity contribution in [3.8, 4) is 0 Å². The highest BCUT2D eigenvalue weighted by Gasteiger charge is 2.31. The molecule has 1 aliphatic rings. The molecule has 9 heteroatoms. The molecular formula is C15H15ClF2N4O2. The van der Waals surface area contributed by atoms with E-state index in [9.17, 15) is 13.6 Å². The number of nitrogens with zero attached hydrogens (tertiary/aromatic N) is 4. The fourth-order valence-electron chi connectivity index (χ4n) is 2.81. The summed E-state index contributed by atoms with van der Waals surface area (Å²) >= 11 is 6.00. The average molecular weight is 357 g/mol. The summed E-state index contributed by atoms with van der Waals surface area (Å²) in [5, 5.41) is 7.25. The van der Waals surface area contributed by atoms with E-state index in [2.05, 4.69) is 10.3 Å². The van der Waals surface area contributed by atoms with Crippen LogP contribution in [0.15, 0.2) is 18.5 Å². The Morgan fingerprint density at radius 1 is 1.50 bits per heavy atom. The molecule has 0 N–H and O–H groups in total. The van der Waals surface area contributed by atoms with Crippen molar-refractivity contribution in [1.29, 1.82) is 0 Å². The van der Waals surface area contributed by atoms with Crippen molar-refractivity contribution in [2.45, 2.75) is 19.4 Å². The summed E-state index contributed by atoms with van der Waals surface area (Å²) < 4.78 is 35.3. The zero-order chi connectivity index (χ0) is 17.3. The Kier molecular flexibility index (Phi) is 4.66. The zero-order valence-electron chi connectivity index (χ0n) is 12.9. The summed E-state index contributed by atoms with van der Waals surface area (Å²) in [4.78, 5) is 13.3. The maximum absolute atomic E-state index is 14.5. The number of benzene rings is 1. The minimum atomic E-state index is -0.976. The first-order chi connectivity index (χ1) is 11.5. The third-order valence-electron chi connectivity index (χ3n) is 3.92. The monoisotopic (exact) mass is 356 g/mol. The molecular weight excluding hydrogens is 342 g/mol. The van der Waals surface area contributed by atoms with Crippen LogP contribution in [0.25, 0.3) is 0 Å². The van der Waals surface area contributed by atoms with Crippen molar-refractivity contribution >= 4 is 23.3 Å². The van der Waals surface area contributed by atoms with E-state index in [1.54, 1.807) is 28.9 Å². The number of hydrogen-bond donors (Lipinski definition) is 0. The van der Waals surface area contributed by atoms with E-state index < -0.39 is 28.2 Å². The number of rotatable bonds is 4. The summed E-state index contributed by atoms with van der Waals surface area (Å²) in [6.45, 7) is 2.54. The third kappa shape index (κ3) is 2.93. The van der Waals surface area contributed by atoms with Crippen LogP contribution >= 0.6 is 11.6 Å². The average Bonchev–Trinajstić information content (AvgIpc) is 3.22. The van der Waals surface area contributed by atoms with Gasteiger partial charge in [-0.2, -0.15) is 0 Å². The molecule has 0 radical (unpaired) electrons. The topological polar surface area (TPSA) is 60.2 Å². The van der Waals surface area contributed by atoms with E-state index in [0.717, 1.165) is 6.07 Å². The van der Waals surface area contributed by atoms with Crippen molar-refractivity contribution in [3.63, 3.8) is 0 Å². The van der Waals surface area contributed by atoms with Crippen LogP contribution in [-0.4, -0.2) is 40.7 Å². The second-order valence-corrected chi connectivity index (χ2v) is 5.75. The second-order valence-electron chi connectivity index (χ2n) is 5.37. The minimum Gasteiger partial charge on any atom is -0.462 e. The SMILES string of the molecule is CCOC(=O)c1cc(F)c(N2CCC(n3ccnn3)C2)c(Cl)c1F. The van der Waals surface area contributed by atoms with Gasteiger partial charge in [-0.1, -0.05) is 16.8 Å².